The fourth-order valence-corrected chi connectivity index (χ4v) is 3.92. The molecular formula is C21H30ClFN4O3. The molecule has 1 aromatic rings. The van der Waals surface area contributed by atoms with Gasteiger partial charge in [-0.25, -0.2) is 4.39 Å². The number of benzene rings is 1. The van der Waals surface area contributed by atoms with Crippen LogP contribution in [0.2, 0.25) is 5.02 Å². The zero-order valence-electron chi connectivity index (χ0n) is 17.2. The number of rotatable bonds is 8. The van der Waals surface area contributed by atoms with Crippen LogP contribution in [-0.4, -0.2) is 98.6 Å². The summed E-state index contributed by atoms with van der Waals surface area (Å²) in [6, 6.07) is 4.00. The Morgan fingerprint density at radius 1 is 1.13 bits per heavy atom. The Morgan fingerprint density at radius 2 is 1.87 bits per heavy atom. The Bertz CT molecular complexity index is 724. The van der Waals surface area contributed by atoms with Gasteiger partial charge >= 0.3 is 0 Å². The number of amides is 2. The number of morpholine rings is 1. The number of carbonyl (C=O) groups is 2. The average Bonchev–Trinajstić information content (AvgIpc) is 2.78. The summed E-state index contributed by atoms with van der Waals surface area (Å²) < 4.78 is 18.9. The highest BCUT2D eigenvalue weighted by atomic mass is 35.5. The van der Waals surface area contributed by atoms with Crippen LogP contribution >= 0.6 is 11.6 Å². The molecule has 0 atom stereocenters. The molecule has 2 aliphatic heterocycles. The number of hydrogen-bond donors (Lipinski definition) is 1. The normalized spacial score (nSPS) is 17.7. The van der Waals surface area contributed by atoms with Crippen LogP contribution in [0.3, 0.4) is 0 Å². The van der Waals surface area contributed by atoms with Gasteiger partial charge < -0.3 is 19.9 Å². The van der Waals surface area contributed by atoms with E-state index in [0.29, 0.717) is 31.7 Å². The monoisotopic (exact) mass is 440 g/mol. The minimum Gasteiger partial charge on any atom is -0.379 e. The molecule has 2 aliphatic rings. The molecule has 1 aromatic carbocycles. The Labute approximate surface area is 182 Å². The topological polar surface area (TPSA) is 65.1 Å². The predicted molar refractivity (Wildman–Crippen MR) is 113 cm³/mol. The third-order valence-electron chi connectivity index (χ3n) is 5.53. The van der Waals surface area contributed by atoms with Crippen LogP contribution in [0, 0.1) is 5.82 Å². The van der Waals surface area contributed by atoms with Crippen molar-refractivity contribution in [3.05, 3.63) is 34.6 Å². The van der Waals surface area contributed by atoms with Crippen molar-refractivity contribution in [1.29, 1.82) is 0 Å². The van der Waals surface area contributed by atoms with Crippen LogP contribution in [-0.2, 0) is 9.53 Å². The summed E-state index contributed by atoms with van der Waals surface area (Å²) in [6.45, 7) is 7.94. The number of piperazine rings is 1. The van der Waals surface area contributed by atoms with Gasteiger partial charge in [0.15, 0.2) is 0 Å². The second-order valence-corrected chi connectivity index (χ2v) is 8.02. The van der Waals surface area contributed by atoms with Crippen LogP contribution in [0.25, 0.3) is 0 Å². The van der Waals surface area contributed by atoms with Crippen molar-refractivity contribution in [1.82, 2.24) is 20.0 Å². The highest BCUT2D eigenvalue weighted by Crippen LogP contribution is 2.18. The number of ether oxygens (including phenoxy) is 1. The molecule has 166 valence electrons. The van der Waals surface area contributed by atoms with Crippen molar-refractivity contribution in [3.63, 3.8) is 0 Å². The largest absolute Gasteiger partial charge is 0.379 e. The quantitative estimate of drug-likeness (QED) is 0.663. The maximum Gasteiger partial charge on any atom is 0.253 e. The van der Waals surface area contributed by atoms with Crippen LogP contribution in [0.4, 0.5) is 4.39 Å². The lowest BCUT2D eigenvalue weighted by Gasteiger charge is -2.30. The molecule has 3 rings (SSSR count). The number of nitrogens with one attached hydrogen (secondary N) is 1. The summed E-state index contributed by atoms with van der Waals surface area (Å²) in [6.07, 6.45) is 1.07. The summed E-state index contributed by atoms with van der Waals surface area (Å²) in [7, 11) is 0. The lowest BCUT2D eigenvalue weighted by molar-refractivity contribution is -0.131. The molecule has 30 heavy (non-hydrogen) atoms. The molecule has 0 bridgehead atoms. The summed E-state index contributed by atoms with van der Waals surface area (Å²) >= 11 is 5.87. The van der Waals surface area contributed by atoms with E-state index in [-0.39, 0.29) is 23.3 Å². The molecule has 1 N–H and O–H groups in total. The van der Waals surface area contributed by atoms with E-state index in [1.165, 1.54) is 18.2 Å². The maximum atomic E-state index is 13.5. The molecule has 0 saturated carbocycles. The Kier molecular flexibility index (Phi) is 8.87. The fourth-order valence-electron chi connectivity index (χ4n) is 3.74. The second-order valence-electron chi connectivity index (χ2n) is 7.61. The molecule has 2 fully saturated rings. The van der Waals surface area contributed by atoms with Crippen molar-refractivity contribution >= 4 is 23.4 Å². The molecule has 2 saturated heterocycles. The molecule has 2 heterocycles. The lowest BCUT2D eigenvalue weighted by Crippen LogP contribution is -2.47. The second kappa shape index (κ2) is 11.6. The van der Waals surface area contributed by atoms with E-state index in [4.69, 9.17) is 16.3 Å². The minimum atomic E-state index is -0.555. The summed E-state index contributed by atoms with van der Waals surface area (Å²) in [5, 5.41) is 3.15. The maximum absolute atomic E-state index is 13.5. The number of carbonyl (C=O) groups excluding carboxylic acids is 2. The number of halogens is 2. The molecule has 7 nitrogen and oxygen atoms in total. The van der Waals surface area contributed by atoms with E-state index >= 15 is 0 Å². The minimum absolute atomic E-state index is 0.0552. The number of nitrogens with zero attached hydrogens (tertiary/aromatic N) is 3. The van der Waals surface area contributed by atoms with E-state index in [9.17, 15) is 14.0 Å². The Morgan fingerprint density at radius 3 is 2.57 bits per heavy atom. The van der Waals surface area contributed by atoms with Crippen molar-refractivity contribution in [2.24, 2.45) is 0 Å². The van der Waals surface area contributed by atoms with Gasteiger partial charge in [0, 0.05) is 70.9 Å². The molecule has 0 radical (unpaired) electrons. The van der Waals surface area contributed by atoms with Crippen LogP contribution in [0.1, 0.15) is 23.2 Å². The molecule has 2 amide bonds. The van der Waals surface area contributed by atoms with Gasteiger partial charge in [0.2, 0.25) is 5.91 Å². The van der Waals surface area contributed by atoms with Gasteiger partial charge in [-0.2, -0.15) is 0 Å². The molecule has 9 heteroatoms. The molecule has 0 aliphatic carbocycles. The molecule has 0 spiro atoms. The summed E-state index contributed by atoms with van der Waals surface area (Å²) in [4.78, 5) is 31.4. The third kappa shape index (κ3) is 6.63. The van der Waals surface area contributed by atoms with E-state index in [1.54, 1.807) is 4.90 Å². The first-order valence-electron chi connectivity index (χ1n) is 10.6. The number of hydrogen-bond acceptors (Lipinski definition) is 5. The van der Waals surface area contributed by atoms with Crippen molar-refractivity contribution in [3.8, 4) is 0 Å². The standard InChI is InChI=1S/C21H30ClFN4O3/c22-18-16-17(2-3-19(18)23)21(29)27(8-1-7-25-12-14-30-15-13-25)9-4-20(28)26-10-5-24-6-11-26/h2-3,16,24H,1,4-15H2. The zero-order chi connectivity index (χ0) is 21.3. The van der Waals surface area contributed by atoms with Gasteiger partial charge in [-0.3, -0.25) is 14.5 Å². The highest BCUT2D eigenvalue weighted by molar-refractivity contribution is 6.31. The van der Waals surface area contributed by atoms with Gasteiger partial charge in [0.05, 0.1) is 18.2 Å². The summed E-state index contributed by atoms with van der Waals surface area (Å²) in [5.41, 5.74) is 0.336. The van der Waals surface area contributed by atoms with Gasteiger partial charge in [-0.1, -0.05) is 11.6 Å². The first-order valence-corrected chi connectivity index (χ1v) is 11.0. The Hall–Kier alpha value is -1.74. The Balaban J connectivity index is 1.59. The zero-order valence-corrected chi connectivity index (χ0v) is 18.0. The molecule has 0 unspecified atom stereocenters. The van der Waals surface area contributed by atoms with Gasteiger partial charge in [0.25, 0.3) is 5.91 Å². The SMILES string of the molecule is O=C(CCN(CCCN1CCOCC1)C(=O)c1ccc(F)c(Cl)c1)N1CCNCC1. The highest BCUT2D eigenvalue weighted by Gasteiger charge is 2.21. The fraction of sp³-hybridized carbons (Fsp3) is 0.619. The van der Waals surface area contributed by atoms with E-state index in [1.807, 2.05) is 4.90 Å². The van der Waals surface area contributed by atoms with Crippen molar-refractivity contribution < 1.29 is 18.7 Å². The lowest BCUT2D eigenvalue weighted by atomic mass is 10.1. The van der Waals surface area contributed by atoms with E-state index in [0.717, 1.165) is 52.4 Å². The molecule has 0 aromatic heterocycles. The van der Waals surface area contributed by atoms with Crippen molar-refractivity contribution in [2.45, 2.75) is 12.8 Å². The summed E-state index contributed by atoms with van der Waals surface area (Å²) in [5.74, 6) is -0.729. The predicted octanol–water partition coefficient (Wildman–Crippen LogP) is 1.47. The first-order chi connectivity index (χ1) is 14.5. The van der Waals surface area contributed by atoms with Gasteiger partial charge in [-0.05, 0) is 24.6 Å². The van der Waals surface area contributed by atoms with Crippen molar-refractivity contribution in [2.75, 3.05) is 72.1 Å². The van der Waals surface area contributed by atoms with E-state index < -0.39 is 5.82 Å². The molecular weight excluding hydrogens is 411 g/mol. The first kappa shape index (κ1) is 22.9. The average molecular weight is 441 g/mol. The smallest absolute Gasteiger partial charge is 0.253 e. The van der Waals surface area contributed by atoms with Gasteiger partial charge in [0.1, 0.15) is 5.82 Å². The van der Waals surface area contributed by atoms with Crippen LogP contribution in [0.15, 0.2) is 18.2 Å². The van der Waals surface area contributed by atoms with Gasteiger partial charge in [-0.15, -0.1) is 0 Å². The van der Waals surface area contributed by atoms with E-state index in [2.05, 4.69) is 10.2 Å². The van der Waals surface area contributed by atoms with Crippen LogP contribution < -0.4 is 5.32 Å². The van der Waals surface area contributed by atoms with Crippen LogP contribution in [0.5, 0.6) is 0 Å². The third-order valence-corrected chi connectivity index (χ3v) is 5.81.